The summed E-state index contributed by atoms with van der Waals surface area (Å²) in [4.78, 5) is 0. The van der Waals surface area contributed by atoms with Crippen LogP contribution < -0.4 is 5.32 Å². The minimum absolute atomic E-state index is 0.109. The van der Waals surface area contributed by atoms with Crippen molar-refractivity contribution in [2.45, 2.75) is 44.2 Å². The predicted octanol–water partition coefficient (Wildman–Crippen LogP) is 2.37. The predicted molar refractivity (Wildman–Crippen MR) is 63.5 cm³/mol. The lowest BCUT2D eigenvalue weighted by Gasteiger charge is -2.41. The third-order valence-electron chi connectivity index (χ3n) is 3.56. The normalized spacial score (nSPS) is 20.4. The van der Waals surface area contributed by atoms with E-state index >= 15 is 0 Å². The van der Waals surface area contributed by atoms with E-state index in [1.54, 1.807) is 6.26 Å². The molecule has 3 heteroatoms. The van der Waals surface area contributed by atoms with Gasteiger partial charge in [-0.15, -0.1) is 0 Å². The van der Waals surface area contributed by atoms with Crippen molar-refractivity contribution in [2.24, 2.45) is 0 Å². The van der Waals surface area contributed by atoms with E-state index in [4.69, 9.17) is 9.15 Å². The van der Waals surface area contributed by atoms with E-state index in [2.05, 4.69) is 12.2 Å². The summed E-state index contributed by atoms with van der Waals surface area (Å²) < 4.78 is 10.9. The fourth-order valence-electron chi connectivity index (χ4n) is 2.19. The van der Waals surface area contributed by atoms with Gasteiger partial charge in [0, 0.05) is 26.1 Å². The van der Waals surface area contributed by atoms with E-state index in [9.17, 15) is 0 Å². The maximum Gasteiger partial charge on any atom is 0.105 e. The van der Waals surface area contributed by atoms with Crippen LogP contribution in [-0.2, 0) is 11.2 Å². The lowest BCUT2D eigenvalue weighted by atomic mass is 9.80. The molecule has 1 heterocycles. The van der Waals surface area contributed by atoms with Gasteiger partial charge in [-0.05, 0) is 38.3 Å². The van der Waals surface area contributed by atoms with Crippen LogP contribution in [0.15, 0.2) is 22.8 Å². The molecule has 1 aromatic heterocycles. The zero-order valence-electron chi connectivity index (χ0n) is 10.2. The van der Waals surface area contributed by atoms with Crippen molar-refractivity contribution < 1.29 is 9.15 Å². The zero-order valence-corrected chi connectivity index (χ0v) is 10.2. The molecular weight excluding hydrogens is 202 g/mol. The fourth-order valence-corrected chi connectivity index (χ4v) is 2.19. The van der Waals surface area contributed by atoms with Crippen LogP contribution in [0, 0.1) is 0 Å². The zero-order chi connectivity index (χ0) is 11.4. The summed E-state index contributed by atoms with van der Waals surface area (Å²) in [6.07, 6.45) is 6.33. The minimum atomic E-state index is 0.109. The van der Waals surface area contributed by atoms with Gasteiger partial charge in [-0.25, -0.2) is 0 Å². The number of furan rings is 1. The van der Waals surface area contributed by atoms with E-state index in [-0.39, 0.29) is 5.60 Å². The summed E-state index contributed by atoms with van der Waals surface area (Å²) in [6.45, 7) is 3.13. The Morgan fingerprint density at radius 1 is 1.56 bits per heavy atom. The van der Waals surface area contributed by atoms with Gasteiger partial charge < -0.3 is 14.5 Å². The summed E-state index contributed by atoms with van der Waals surface area (Å²) >= 11 is 0. The van der Waals surface area contributed by atoms with Crippen LogP contribution in [0.25, 0.3) is 0 Å². The molecule has 0 bridgehead atoms. The van der Waals surface area contributed by atoms with Crippen LogP contribution in [0.3, 0.4) is 0 Å². The summed E-state index contributed by atoms with van der Waals surface area (Å²) in [5.41, 5.74) is 0.109. The molecule has 1 saturated carbocycles. The molecule has 0 aliphatic heterocycles. The Balaban J connectivity index is 1.73. The first-order valence-corrected chi connectivity index (χ1v) is 6.05. The third kappa shape index (κ3) is 2.66. The molecule has 3 nitrogen and oxygen atoms in total. The Morgan fingerprint density at radius 3 is 2.88 bits per heavy atom. The highest BCUT2D eigenvalue weighted by Crippen LogP contribution is 2.34. The molecule has 2 rings (SSSR count). The van der Waals surface area contributed by atoms with Gasteiger partial charge in [0.25, 0.3) is 0 Å². The first kappa shape index (κ1) is 11.7. The molecule has 1 aromatic rings. The molecule has 16 heavy (non-hydrogen) atoms. The molecule has 90 valence electrons. The molecule has 1 aliphatic carbocycles. The second kappa shape index (κ2) is 5.02. The van der Waals surface area contributed by atoms with Crippen molar-refractivity contribution in [1.29, 1.82) is 0 Å². The number of ether oxygens (including phenoxy) is 1. The van der Waals surface area contributed by atoms with Crippen molar-refractivity contribution in [3.05, 3.63) is 24.2 Å². The number of methoxy groups -OCH3 is 1. The lowest BCUT2D eigenvalue weighted by Crippen LogP contribution is -2.50. The van der Waals surface area contributed by atoms with Crippen molar-refractivity contribution in [2.75, 3.05) is 13.7 Å². The Labute approximate surface area is 97.2 Å². The fraction of sp³-hybridized carbons (Fsp3) is 0.692. The SMILES string of the molecule is COC1(CNC(C)Cc2ccco2)CCC1. The monoisotopic (exact) mass is 223 g/mol. The van der Waals surface area contributed by atoms with E-state index in [0.717, 1.165) is 18.7 Å². The van der Waals surface area contributed by atoms with E-state index in [0.29, 0.717) is 6.04 Å². The maximum atomic E-state index is 5.57. The topological polar surface area (TPSA) is 34.4 Å². The number of hydrogen-bond acceptors (Lipinski definition) is 3. The van der Waals surface area contributed by atoms with E-state index in [1.807, 2.05) is 19.2 Å². The molecule has 1 fully saturated rings. The molecule has 1 unspecified atom stereocenters. The number of hydrogen-bond donors (Lipinski definition) is 1. The van der Waals surface area contributed by atoms with Crippen molar-refractivity contribution in [3.8, 4) is 0 Å². The first-order chi connectivity index (χ1) is 7.74. The second-order valence-corrected chi connectivity index (χ2v) is 4.81. The van der Waals surface area contributed by atoms with Gasteiger partial charge in [0.05, 0.1) is 11.9 Å². The number of nitrogens with one attached hydrogen (secondary N) is 1. The van der Waals surface area contributed by atoms with Crippen molar-refractivity contribution in [3.63, 3.8) is 0 Å². The average Bonchev–Trinajstić information content (AvgIpc) is 2.69. The molecule has 0 amide bonds. The summed E-state index contributed by atoms with van der Waals surface area (Å²) in [5, 5.41) is 3.53. The molecule has 1 atom stereocenters. The molecule has 0 aromatic carbocycles. The first-order valence-electron chi connectivity index (χ1n) is 6.05. The highest BCUT2D eigenvalue weighted by atomic mass is 16.5. The molecular formula is C13H21NO2. The van der Waals surface area contributed by atoms with Gasteiger partial charge in [0.1, 0.15) is 5.76 Å². The minimum Gasteiger partial charge on any atom is -0.469 e. The van der Waals surface area contributed by atoms with E-state index < -0.39 is 0 Å². The van der Waals surface area contributed by atoms with Gasteiger partial charge in [-0.3, -0.25) is 0 Å². The Morgan fingerprint density at radius 2 is 2.38 bits per heavy atom. The second-order valence-electron chi connectivity index (χ2n) is 4.81. The molecule has 0 saturated heterocycles. The lowest BCUT2D eigenvalue weighted by molar-refractivity contribution is -0.0706. The van der Waals surface area contributed by atoms with Gasteiger partial charge in [-0.1, -0.05) is 0 Å². The van der Waals surface area contributed by atoms with Gasteiger partial charge >= 0.3 is 0 Å². The molecule has 0 spiro atoms. The highest BCUT2D eigenvalue weighted by molar-refractivity contribution is 5.00. The Bertz CT molecular complexity index is 298. The summed E-state index contributed by atoms with van der Waals surface area (Å²) in [5.74, 6) is 1.04. The molecule has 1 N–H and O–H groups in total. The van der Waals surface area contributed by atoms with Gasteiger partial charge in [-0.2, -0.15) is 0 Å². The largest absolute Gasteiger partial charge is 0.469 e. The average molecular weight is 223 g/mol. The molecule has 1 aliphatic rings. The third-order valence-corrected chi connectivity index (χ3v) is 3.56. The van der Waals surface area contributed by atoms with Crippen LogP contribution in [-0.4, -0.2) is 25.3 Å². The quantitative estimate of drug-likeness (QED) is 0.804. The van der Waals surface area contributed by atoms with Crippen LogP contribution in [0.1, 0.15) is 31.9 Å². The van der Waals surface area contributed by atoms with Crippen LogP contribution >= 0.6 is 0 Å². The van der Waals surface area contributed by atoms with Crippen LogP contribution in [0.5, 0.6) is 0 Å². The Hall–Kier alpha value is -0.800. The summed E-state index contributed by atoms with van der Waals surface area (Å²) in [6, 6.07) is 4.39. The van der Waals surface area contributed by atoms with Crippen LogP contribution in [0.4, 0.5) is 0 Å². The van der Waals surface area contributed by atoms with Crippen molar-refractivity contribution in [1.82, 2.24) is 5.32 Å². The smallest absolute Gasteiger partial charge is 0.105 e. The maximum absolute atomic E-state index is 5.57. The van der Waals surface area contributed by atoms with Gasteiger partial charge in [0.15, 0.2) is 0 Å². The summed E-state index contributed by atoms with van der Waals surface area (Å²) in [7, 11) is 1.82. The van der Waals surface area contributed by atoms with E-state index in [1.165, 1.54) is 19.3 Å². The highest BCUT2D eigenvalue weighted by Gasteiger charge is 2.36. The van der Waals surface area contributed by atoms with Crippen molar-refractivity contribution >= 4 is 0 Å². The van der Waals surface area contributed by atoms with Crippen LogP contribution in [0.2, 0.25) is 0 Å². The number of rotatable bonds is 6. The Kier molecular flexibility index (Phi) is 3.66. The standard InChI is InChI=1S/C13H21NO2/c1-11(9-12-5-3-8-16-12)14-10-13(15-2)6-4-7-13/h3,5,8,11,14H,4,6-7,9-10H2,1-2H3. The van der Waals surface area contributed by atoms with Gasteiger partial charge in [0.2, 0.25) is 0 Å². The molecule has 0 radical (unpaired) electrons.